The number of hydrogen-bond donors (Lipinski definition) is 2. The summed E-state index contributed by atoms with van der Waals surface area (Å²) in [5.74, 6) is 1.78. The van der Waals surface area contributed by atoms with Crippen molar-refractivity contribution in [1.82, 2.24) is 14.8 Å². The molecular weight excluding hydrogens is 386 g/mol. The van der Waals surface area contributed by atoms with Crippen LogP contribution in [0.1, 0.15) is 35.7 Å². The van der Waals surface area contributed by atoms with Crippen LogP contribution in [0.3, 0.4) is 0 Å². The zero-order valence-corrected chi connectivity index (χ0v) is 18.2. The maximum absolute atomic E-state index is 10.5. The lowest BCUT2D eigenvalue weighted by Crippen LogP contribution is -2.66. The second kappa shape index (κ2) is 7.37. The Bertz CT molecular complexity index is 1080. The van der Waals surface area contributed by atoms with E-state index in [-0.39, 0.29) is 18.1 Å². The Morgan fingerprint density at radius 3 is 2.61 bits per heavy atom. The number of rotatable bonds is 6. The second-order valence-electron chi connectivity index (χ2n) is 9.81. The minimum Gasteiger partial charge on any atom is -0.497 e. The van der Waals surface area contributed by atoms with Crippen LogP contribution in [-0.4, -0.2) is 59.8 Å². The van der Waals surface area contributed by atoms with Crippen molar-refractivity contribution >= 4 is 10.9 Å². The molecule has 5 heteroatoms. The van der Waals surface area contributed by atoms with Crippen molar-refractivity contribution in [2.24, 2.45) is 5.92 Å². The van der Waals surface area contributed by atoms with Gasteiger partial charge < -0.3 is 19.7 Å². The number of likely N-dealkylation sites (tertiary alicyclic amines) is 1. The van der Waals surface area contributed by atoms with Gasteiger partial charge in [0.1, 0.15) is 5.75 Å². The topological polar surface area (TPSA) is 51.7 Å². The molecule has 0 amide bonds. The molecule has 3 aromatic rings. The van der Waals surface area contributed by atoms with Crippen molar-refractivity contribution in [1.29, 1.82) is 0 Å². The van der Waals surface area contributed by atoms with Crippen LogP contribution in [0, 0.1) is 5.92 Å². The molecule has 0 unspecified atom stereocenters. The molecule has 1 saturated carbocycles. The molecule has 6 rings (SSSR count). The van der Waals surface area contributed by atoms with Gasteiger partial charge in [0.05, 0.1) is 19.8 Å². The van der Waals surface area contributed by atoms with Gasteiger partial charge in [-0.2, -0.15) is 0 Å². The predicted molar refractivity (Wildman–Crippen MR) is 122 cm³/mol. The van der Waals surface area contributed by atoms with Gasteiger partial charge >= 0.3 is 0 Å². The Balaban J connectivity index is 1.42. The van der Waals surface area contributed by atoms with Crippen LogP contribution in [0.5, 0.6) is 5.75 Å². The molecule has 5 nitrogen and oxygen atoms in total. The van der Waals surface area contributed by atoms with Crippen LogP contribution in [0.2, 0.25) is 0 Å². The highest BCUT2D eigenvalue weighted by molar-refractivity contribution is 5.88. The second-order valence-corrected chi connectivity index (χ2v) is 9.81. The monoisotopic (exact) mass is 417 g/mol. The lowest BCUT2D eigenvalue weighted by Gasteiger charge is -2.56. The summed E-state index contributed by atoms with van der Waals surface area (Å²) in [6.45, 7) is 5.42. The number of methoxy groups -OCH3 is 1. The van der Waals surface area contributed by atoms with Gasteiger partial charge in [-0.3, -0.25) is 4.90 Å². The van der Waals surface area contributed by atoms with Crippen LogP contribution >= 0.6 is 0 Å². The van der Waals surface area contributed by atoms with Crippen LogP contribution in [-0.2, 0) is 12.0 Å². The summed E-state index contributed by atoms with van der Waals surface area (Å²) in [5, 5.41) is 11.7. The summed E-state index contributed by atoms with van der Waals surface area (Å²) >= 11 is 0. The quantitative estimate of drug-likeness (QED) is 0.642. The summed E-state index contributed by atoms with van der Waals surface area (Å²) < 4.78 is 5.48. The van der Waals surface area contributed by atoms with Crippen molar-refractivity contribution in [3.8, 4) is 5.75 Å². The van der Waals surface area contributed by atoms with Crippen LogP contribution in [0.25, 0.3) is 10.9 Å². The molecule has 162 valence electrons. The summed E-state index contributed by atoms with van der Waals surface area (Å²) in [5.41, 5.74) is 5.16. The predicted octanol–water partition coefficient (Wildman–Crippen LogP) is 3.69. The summed E-state index contributed by atoms with van der Waals surface area (Å²) in [6, 6.07) is 17.0. The zero-order valence-electron chi connectivity index (χ0n) is 18.2. The van der Waals surface area contributed by atoms with E-state index in [1.807, 2.05) is 0 Å². The molecule has 1 atom stereocenters. The molecule has 31 heavy (non-hydrogen) atoms. The number of aliphatic hydroxyl groups is 1. The molecule has 1 aliphatic carbocycles. The minimum absolute atomic E-state index is 0.0169. The average molecular weight is 418 g/mol. The fraction of sp³-hybridized carbons (Fsp3) is 0.462. The number of nitrogens with one attached hydrogen (secondary N) is 1. The Morgan fingerprint density at radius 1 is 1.10 bits per heavy atom. The van der Waals surface area contributed by atoms with Gasteiger partial charge in [0.25, 0.3) is 0 Å². The van der Waals surface area contributed by atoms with Crippen LogP contribution in [0.4, 0.5) is 0 Å². The van der Waals surface area contributed by atoms with Crippen LogP contribution in [0.15, 0.2) is 48.5 Å². The molecule has 1 saturated heterocycles. The number of benzene rings is 2. The van der Waals surface area contributed by atoms with E-state index in [0.717, 1.165) is 43.4 Å². The number of aromatic nitrogens is 1. The van der Waals surface area contributed by atoms with E-state index in [1.165, 1.54) is 41.6 Å². The van der Waals surface area contributed by atoms with Gasteiger partial charge in [-0.1, -0.05) is 30.3 Å². The fourth-order valence-electron chi connectivity index (χ4n) is 5.96. The molecule has 2 fully saturated rings. The highest BCUT2D eigenvalue weighted by atomic mass is 16.5. The normalized spacial score (nSPS) is 23.1. The molecule has 2 aliphatic heterocycles. The molecule has 0 radical (unpaired) electrons. The maximum Gasteiger partial charge on any atom is 0.120 e. The van der Waals surface area contributed by atoms with Crippen molar-refractivity contribution in [3.63, 3.8) is 0 Å². The number of fused-ring (bicyclic) bond motifs is 4. The third kappa shape index (κ3) is 3.27. The van der Waals surface area contributed by atoms with E-state index >= 15 is 0 Å². The Labute approximate surface area is 183 Å². The van der Waals surface area contributed by atoms with Crippen molar-refractivity contribution in [3.05, 3.63) is 65.4 Å². The van der Waals surface area contributed by atoms with E-state index < -0.39 is 0 Å². The van der Waals surface area contributed by atoms with E-state index in [0.29, 0.717) is 0 Å². The summed E-state index contributed by atoms with van der Waals surface area (Å²) in [4.78, 5) is 8.83. The number of H-pyrrole nitrogens is 1. The third-order valence-electron chi connectivity index (χ3n) is 7.51. The Hall–Kier alpha value is -2.34. The van der Waals surface area contributed by atoms with Crippen molar-refractivity contribution in [2.45, 2.75) is 30.8 Å². The standard InChI is InChI=1S/C26H31N3O2/c1-31-20-9-10-21-22(11-20)27-25-23(14-30)29(13-18-5-3-2-4-6-18)17-26(24(21)25)15-28(16-26)12-19-7-8-19/h2-6,9-11,19,23,27,30H,7-8,12-17H2,1H3/t23-/m0/s1. The van der Waals surface area contributed by atoms with E-state index in [2.05, 4.69) is 63.3 Å². The van der Waals surface area contributed by atoms with Gasteiger partial charge in [0.2, 0.25) is 0 Å². The molecule has 3 heterocycles. The first-order valence-corrected chi connectivity index (χ1v) is 11.5. The largest absolute Gasteiger partial charge is 0.497 e. The molecule has 0 bridgehead atoms. The highest BCUT2D eigenvalue weighted by Crippen LogP contribution is 2.49. The Morgan fingerprint density at radius 2 is 1.90 bits per heavy atom. The molecule has 3 aliphatic rings. The lowest BCUT2D eigenvalue weighted by atomic mass is 9.68. The number of ether oxygens (including phenoxy) is 1. The van der Waals surface area contributed by atoms with E-state index in [9.17, 15) is 5.11 Å². The molecule has 1 aromatic heterocycles. The lowest BCUT2D eigenvalue weighted by molar-refractivity contribution is -0.00987. The van der Waals surface area contributed by atoms with Gasteiger partial charge in [-0.05, 0) is 42.0 Å². The third-order valence-corrected chi connectivity index (χ3v) is 7.51. The first-order valence-electron chi connectivity index (χ1n) is 11.5. The average Bonchev–Trinajstić information content (AvgIpc) is 3.50. The molecular formula is C26H31N3O2. The minimum atomic E-state index is -0.0169. The Kier molecular flexibility index (Phi) is 4.60. The van der Waals surface area contributed by atoms with E-state index in [4.69, 9.17) is 4.74 Å². The SMILES string of the molecule is COc1ccc2c3c([nH]c2c1)[C@H](CO)N(Cc1ccccc1)CC31CN(CC2CC2)C1. The zero-order chi connectivity index (χ0) is 21.0. The number of aromatic amines is 1. The van der Waals surface area contributed by atoms with Crippen molar-refractivity contribution in [2.75, 3.05) is 39.9 Å². The highest BCUT2D eigenvalue weighted by Gasteiger charge is 2.53. The van der Waals surface area contributed by atoms with Crippen molar-refractivity contribution < 1.29 is 9.84 Å². The first kappa shape index (κ1) is 19.4. The van der Waals surface area contributed by atoms with Gasteiger partial charge in [0, 0.05) is 60.8 Å². The van der Waals surface area contributed by atoms with Gasteiger partial charge in [-0.15, -0.1) is 0 Å². The maximum atomic E-state index is 10.5. The van der Waals surface area contributed by atoms with Gasteiger partial charge in [-0.25, -0.2) is 0 Å². The number of nitrogens with zero attached hydrogens (tertiary/aromatic N) is 2. The fourth-order valence-corrected chi connectivity index (χ4v) is 5.96. The smallest absolute Gasteiger partial charge is 0.120 e. The van der Waals surface area contributed by atoms with Gasteiger partial charge in [0.15, 0.2) is 0 Å². The van der Waals surface area contributed by atoms with Crippen LogP contribution < -0.4 is 4.74 Å². The summed E-state index contributed by atoms with van der Waals surface area (Å²) in [6.07, 6.45) is 2.79. The van der Waals surface area contributed by atoms with E-state index in [1.54, 1.807) is 7.11 Å². The molecule has 2 aromatic carbocycles. The summed E-state index contributed by atoms with van der Waals surface area (Å²) in [7, 11) is 1.71. The molecule has 1 spiro atoms. The molecule has 2 N–H and O–H groups in total. The first-order chi connectivity index (χ1) is 15.2. The number of hydrogen-bond acceptors (Lipinski definition) is 4. The number of aliphatic hydroxyl groups excluding tert-OH is 1.